The second kappa shape index (κ2) is 9.03. The Labute approximate surface area is 93.6 Å². The molecule has 0 spiro atoms. The van der Waals surface area contributed by atoms with Crippen molar-refractivity contribution in [3.8, 4) is 0 Å². The van der Waals surface area contributed by atoms with E-state index in [0.29, 0.717) is 13.0 Å². The molecule has 0 radical (unpaired) electrons. The third kappa shape index (κ3) is 9.94. The van der Waals surface area contributed by atoms with Gasteiger partial charge in [-0.25, -0.2) is 0 Å². The van der Waals surface area contributed by atoms with Crippen LogP contribution in [0, 0.1) is 0 Å². The fourth-order valence-corrected chi connectivity index (χ4v) is 0.610. The number of carbonyl (C=O) groups is 2. The Morgan fingerprint density at radius 3 is 2.33 bits per heavy atom. The van der Waals surface area contributed by atoms with Gasteiger partial charge in [0.25, 0.3) is 0 Å². The van der Waals surface area contributed by atoms with Crippen molar-refractivity contribution < 1.29 is 49.0 Å². The number of carboxylic acid groups (broad SMARTS) is 1. The van der Waals surface area contributed by atoms with E-state index in [0.717, 1.165) is 0 Å². The molecule has 0 aliphatic rings. The standard InChI is InChI=1S/C7H12O4.Na/c1-2-11-7(10)5-3-4-6(8)9;/h2-5H2,1H3,(H,8,9);/q;+1/p-1. The van der Waals surface area contributed by atoms with Gasteiger partial charge in [-0.05, 0) is 19.8 Å². The Bertz CT molecular complexity index is 146. The first-order chi connectivity index (χ1) is 5.16. The van der Waals surface area contributed by atoms with Gasteiger partial charge >= 0.3 is 35.5 Å². The SMILES string of the molecule is CCOC(=O)CCCC(=O)[O-].[Na+]. The second-order valence-corrected chi connectivity index (χ2v) is 2.03. The molecule has 0 aromatic heterocycles. The number of esters is 1. The Morgan fingerprint density at radius 1 is 1.33 bits per heavy atom. The van der Waals surface area contributed by atoms with Crippen LogP contribution in [0.5, 0.6) is 0 Å². The largest absolute Gasteiger partial charge is 1.00 e. The van der Waals surface area contributed by atoms with Crippen LogP contribution in [0.3, 0.4) is 0 Å². The van der Waals surface area contributed by atoms with Gasteiger partial charge in [0.1, 0.15) is 0 Å². The van der Waals surface area contributed by atoms with Crippen LogP contribution in [0.2, 0.25) is 0 Å². The maximum Gasteiger partial charge on any atom is 1.00 e. The zero-order valence-electron chi connectivity index (χ0n) is 7.46. The number of carbonyl (C=O) groups excluding carboxylic acids is 2. The van der Waals surface area contributed by atoms with E-state index in [1.807, 2.05) is 0 Å². The van der Waals surface area contributed by atoms with Crippen LogP contribution in [-0.4, -0.2) is 18.5 Å². The van der Waals surface area contributed by atoms with Crippen LogP contribution in [-0.2, 0) is 14.3 Å². The summed E-state index contributed by atoms with van der Waals surface area (Å²) in [6.45, 7) is 2.04. The number of carboxylic acids is 1. The molecular weight excluding hydrogens is 171 g/mol. The van der Waals surface area contributed by atoms with E-state index in [2.05, 4.69) is 4.74 Å². The van der Waals surface area contributed by atoms with Crippen LogP contribution in [0.1, 0.15) is 26.2 Å². The molecular formula is C7H11NaO4. The van der Waals surface area contributed by atoms with E-state index in [-0.39, 0.29) is 48.4 Å². The zero-order valence-corrected chi connectivity index (χ0v) is 9.46. The molecule has 0 fully saturated rings. The van der Waals surface area contributed by atoms with Crippen molar-refractivity contribution in [1.82, 2.24) is 0 Å². The molecule has 4 nitrogen and oxygen atoms in total. The van der Waals surface area contributed by atoms with Crippen molar-refractivity contribution in [1.29, 1.82) is 0 Å². The molecule has 0 atom stereocenters. The molecule has 0 aliphatic carbocycles. The molecule has 0 heterocycles. The molecule has 64 valence electrons. The summed E-state index contributed by atoms with van der Waals surface area (Å²) in [6, 6.07) is 0. The average Bonchev–Trinajstić information content (AvgIpc) is 1.87. The van der Waals surface area contributed by atoms with Gasteiger partial charge < -0.3 is 14.6 Å². The first-order valence-corrected chi connectivity index (χ1v) is 3.52. The summed E-state index contributed by atoms with van der Waals surface area (Å²) >= 11 is 0. The van der Waals surface area contributed by atoms with Crippen LogP contribution in [0.15, 0.2) is 0 Å². The first-order valence-electron chi connectivity index (χ1n) is 3.52. The maximum atomic E-state index is 10.6. The van der Waals surface area contributed by atoms with Gasteiger partial charge in [0.2, 0.25) is 0 Å². The minimum Gasteiger partial charge on any atom is -0.550 e. The van der Waals surface area contributed by atoms with Gasteiger partial charge in [0.05, 0.1) is 6.61 Å². The van der Waals surface area contributed by atoms with Crippen LogP contribution in [0.25, 0.3) is 0 Å². The molecule has 0 saturated heterocycles. The van der Waals surface area contributed by atoms with E-state index in [4.69, 9.17) is 0 Å². The predicted octanol–water partition coefficient (Wildman–Crippen LogP) is -3.53. The third-order valence-electron chi connectivity index (χ3n) is 1.07. The quantitative estimate of drug-likeness (QED) is 0.326. The molecule has 0 aliphatic heterocycles. The summed E-state index contributed by atoms with van der Waals surface area (Å²) in [5.41, 5.74) is 0. The summed E-state index contributed by atoms with van der Waals surface area (Å²) in [5.74, 6) is -1.48. The second-order valence-electron chi connectivity index (χ2n) is 2.03. The molecule has 0 unspecified atom stereocenters. The normalized spacial score (nSPS) is 8.42. The number of hydrogen-bond acceptors (Lipinski definition) is 4. The van der Waals surface area contributed by atoms with Crippen molar-refractivity contribution in [2.45, 2.75) is 26.2 Å². The van der Waals surface area contributed by atoms with Gasteiger partial charge in [-0.3, -0.25) is 4.79 Å². The van der Waals surface area contributed by atoms with E-state index in [9.17, 15) is 14.7 Å². The Kier molecular flexibility index (Phi) is 10.9. The number of rotatable bonds is 5. The van der Waals surface area contributed by atoms with Crippen molar-refractivity contribution in [3.63, 3.8) is 0 Å². The monoisotopic (exact) mass is 182 g/mol. The summed E-state index contributed by atoms with van der Waals surface area (Å²) in [4.78, 5) is 20.5. The molecule has 0 N–H and O–H groups in total. The minimum absolute atomic E-state index is 0. The molecule has 0 rings (SSSR count). The minimum atomic E-state index is -1.13. The Hall–Kier alpha value is -0.0600. The number of ether oxygens (including phenoxy) is 1. The molecule has 0 aromatic carbocycles. The zero-order chi connectivity index (χ0) is 8.69. The van der Waals surface area contributed by atoms with Crippen molar-refractivity contribution in [2.75, 3.05) is 6.61 Å². The van der Waals surface area contributed by atoms with E-state index >= 15 is 0 Å². The van der Waals surface area contributed by atoms with Crippen LogP contribution in [0.4, 0.5) is 0 Å². The fourth-order valence-electron chi connectivity index (χ4n) is 0.610. The summed E-state index contributed by atoms with van der Waals surface area (Å²) in [7, 11) is 0. The smallest absolute Gasteiger partial charge is 0.550 e. The number of aliphatic carboxylic acids is 1. The predicted molar refractivity (Wildman–Crippen MR) is 35.5 cm³/mol. The van der Waals surface area contributed by atoms with Crippen LogP contribution >= 0.6 is 0 Å². The summed E-state index contributed by atoms with van der Waals surface area (Å²) in [6.07, 6.45) is 0.363. The fraction of sp³-hybridized carbons (Fsp3) is 0.714. The first kappa shape index (κ1) is 14.5. The summed E-state index contributed by atoms with van der Waals surface area (Å²) < 4.78 is 4.57. The van der Waals surface area contributed by atoms with Gasteiger partial charge in [-0.2, -0.15) is 0 Å². The van der Waals surface area contributed by atoms with Crippen molar-refractivity contribution >= 4 is 11.9 Å². The van der Waals surface area contributed by atoms with Crippen molar-refractivity contribution in [3.05, 3.63) is 0 Å². The summed E-state index contributed by atoms with van der Waals surface area (Å²) in [5, 5.41) is 9.88. The van der Waals surface area contributed by atoms with Crippen molar-refractivity contribution in [2.24, 2.45) is 0 Å². The topological polar surface area (TPSA) is 66.4 Å². The maximum absolute atomic E-state index is 10.6. The average molecular weight is 182 g/mol. The number of hydrogen-bond donors (Lipinski definition) is 0. The molecule has 0 amide bonds. The molecule has 5 heteroatoms. The van der Waals surface area contributed by atoms with Crippen LogP contribution < -0.4 is 34.7 Å². The van der Waals surface area contributed by atoms with Gasteiger partial charge in [-0.15, -0.1) is 0 Å². The van der Waals surface area contributed by atoms with E-state index < -0.39 is 5.97 Å². The molecule has 12 heavy (non-hydrogen) atoms. The van der Waals surface area contributed by atoms with E-state index in [1.54, 1.807) is 6.92 Å². The van der Waals surface area contributed by atoms with Gasteiger partial charge in [-0.1, -0.05) is 0 Å². The third-order valence-corrected chi connectivity index (χ3v) is 1.07. The van der Waals surface area contributed by atoms with Gasteiger partial charge in [0, 0.05) is 12.4 Å². The Balaban J connectivity index is 0. The molecule has 0 aromatic rings. The molecule has 0 bridgehead atoms. The van der Waals surface area contributed by atoms with E-state index in [1.165, 1.54) is 0 Å². The van der Waals surface area contributed by atoms with Gasteiger partial charge in [0.15, 0.2) is 0 Å². The Morgan fingerprint density at radius 2 is 1.92 bits per heavy atom. The molecule has 0 saturated carbocycles.